The van der Waals surface area contributed by atoms with Gasteiger partial charge < -0.3 is 10.6 Å². The fraction of sp³-hybridized carbons (Fsp3) is 0.632. The average Bonchev–Trinajstić information content (AvgIpc) is 3.29. The van der Waals surface area contributed by atoms with E-state index in [1.54, 1.807) is 11.3 Å². The minimum Gasteiger partial charge on any atom is -0.357 e. The van der Waals surface area contributed by atoms with E-state index in [-0.39, 0.29) is 29.4 Å². The van der Waals surface area contributed by atoms with Gasteiger partial charge in [-0.25, -0.2) is 9.67 Å². The average molecular weight is 502 g/mol. The Bertz CT molecular complexity index is 737. The largest absolute Gasteiger partial charge is 0.357 e. The topological polar surface area (TPSA) is 67.1 Å². The van der Waals surface area contributed by atoms with Gasteiger partial charge in [0.25, 0.3) is 0 Å². The second kappa shape index (κ2) is 9.86. The molecular formula is C19H31IN6S. The second-order valence-corrected chi connectivity index (χ2v) is 8.36. The van der Waals surface area contributed by atoms with Gasteiger partial charge in [-0.2, -0.15) is 5.10 Å². The highest BCUT2D eigenvalue weighted by atomic mass is 127. The van der Waals surface area contributed by atoms with Gasteiger partial charge in [0.1, 0.15) is 5.82 Å². The van der Waals surface area contributed by atoms with Crippen LogP contribution in [0, 0.1) is 0 Å². The molecule has 0 amide bonds. The zero-order chi connectivity index (χ0) is 18.6. The minimum atomic E-state index is 0. The number of thiophene rings is 1. The molecule has 3 rings (SSSR count). The van der Waals surface area contributed by atoms with Crippen molar-refractivity contribution in [3.05, 3.63) is 34.0 Å². The van der Waals surface area contributed by atoms with Crippen molar-refractivity contribution in [3.63, 3.8) is 0 Å². The first kappa shape index (κ1) is 22.1. The molecule has 150 valence electrons. The third-order valence-electron chi connectivity index (χ3n) is 4.72. The number of aliphatic imine (C=N–C) groups is 1. The van der Waals surface area contributed by atoms with Gasteiger partial charge in [0, 0.05) is 35.7 Å². The highest BCUT2D eigenvalue weighted by molar-refractivity contribution is 14.0. The number of rotatable bonds is 6. The SMILES string of the molecule is CCNC(=NCC(C)(C)c1cccs1)NC1CCc2nc(CC)nn2C1.I. The van der Waals surface area contributed by atoms with Crippen LogP contribution in [0.15, 0.2) is 22.5 Å². The lowest BCUT2D eigenvalue weighted by molar-refractivity contribution is 0.391. The zero-order valence-electron chi connectivity index (χ0n) is 16.7. The van der Waals surface area contributed by atoms with E-state index in [0.717, 1.165) is 56.5 Å². The van der Waals surface area contributed by atoms with Gasteiger partial charge >= 0.3 is 0 Å². The number of nitrogens with one attached hydrogen (secondary N) is 2. The van der Waals surface area contributed by atoms with Gasteiger partial charge in [-0.3, -0.25) is 4.99 Å². The first-order valence-corrected chi connectivity index (χ1v) is 10.4. The Morgan fingerprint density at radius 2 is 2.22 bits per heavy atom. The lowest BCUT2D eigenvalue weighted by Crippen LogP contribution is -2.47. The first-order chi connectivity index (χ1) is 12.5. The van der Waals surface area contributed by atoms with E-state index in [2.05, 4.69) is 70.6 Å². The molecule has 27 heavy (non-hydrogen) atoms. The van der Waals surface area contributed by atoms with E-state index in [1.165, 1.54) is 4.88 Å². The van der Waals surface area contributed by atoms with Crippen molar-refractivity contribution >= 4 is 41.3 Å². The van der Waals surface area contributed by atoms with E-state index < -0.39 is 0 Å². The van der Waals surface area contributed by atoms with E-state index in [1.807, 2.05) is 0 Å². The molecule has 0 saturated heterocycles. The summed E-state index contributed by atoms with van der Waals surface area (Å²) in [5, 5.41) is 13.7. The van der Waals surface area contributed by atoms with E-state index >= 15 is 0 Å². The second-order valence-electron chi connectivity index (χ2n) is 7.42. The first-order valence-electron chi connectivity index (χ1n) is 9.53. The van der Waals surface area contributed by atoms with Crippen LogP contribution in [0.25, 0.3) is 0 Å². The van der Waals surface area contributed by atoms with Crippen LogP contribution >= 0.6 is 35.3 Å². The van der Waals surface area contributed by atoms with E-state index in [4.69, 9.17) is 4.99 Å². The van der Waals surface area contributed by atoms with Crippen LogP contribution in [0.5, 0.6) is 0 Å². The normalized spacial score (nSPS) is 17.2. The quantitative estimate of drug-likeness (QED) is 0.361. The van der Waals surface area contributed by atoms with Crippen LogP contribution in [0.4, 0.5) is 0 Å². The Morgan fingerprint density at radius 1 is 1.41 bits per heavy atom. The Morgan fingerprint density at radius 3 is 2.89 bits per heavy atom. The highest BCUT2D eigenvalue weighted by Crippen LogP contribution is 2.27. The van der Waals surface area contributed by atoms with Gasteiger partial charge in [-0.15, -0.1) is 35.3 Å². The van der Waals surface area contributed by atoms with Crippen molar-refractivity contribution in [2.24, 2.45) is 4.99 Å². The predicted octanol–water partition coefficient (Wildman–Crippen LogP) is 3.37. The number of fused-ring (bicyclic) bond motifs is 1. The standard InChI is InChI=1S/C19H30N6S.HI/c1-5-16-23-17-10-9-14(12-25(17)24-16)22-18(20-6-2)21-13-19(3,4)15-8-7-11-26-15;/h7-8,11,14H,5-6,9-10,12-13H2,1-4H3,(H2,20,21,22);1H. The van der Waals surface area contributed by atoms with Crippen LogP contribution in [0.1, 0.15) is 50.6 Å². The van der Waals surface area contributed by atoms with Gasteiger partial charge in [-0.05, 0) is 24.8 Å². The molecule has 2 aromatic heterocycles. The minimum absolute atomic E-state index is 0. The summed E-state index contributed by atoms with van der Waals surface area (Å²) < 4.78 is 2.05. The Labute approximate surface area is 183 Å². The molecule has 1 aliphatic rings. The molecule has 2 aromatic rings. The highest BCUT2D eigenvalue weighted by Gasteiger charge is 2.24. The number of guanidine groups is 1. The fourth-order valence-corrected chi connectivity index (χ4v) is 4.00. The molecular weight excluding hydrogens is 471 g/mol. The molecule has 1 aliphatic heterocycles. The number of halogens is 1. The smallest absolute Gasteiger partial charge is 0.191 e. The van der Waals surface area contributed by atoms with Crippen molar-refractivity contribution in [2.45, 2.75) is 65.0 Å². The summed E-state index contributed by atoms with van der Waals surface area (Å²) in [6, 6.07) is 4.63. The summed E-state index contributed by atoms with van der Waals surface area (Å²) in [5.74, 6) is 2.95. The number of hydrogen-bond acceptors (Lipinski definition) is 4. The molecule has 0 aliphatic carbocycles. The Balaban J connectivity index is 0.00000261. The van der Waals surface area contributed by atoms with E-state index in [0.29, 0.717) is 6.04 Å². The van der Waals surface area contributed by atoms with Crippen LogP contribution in [-0.4, -0.2) is 39.9 Å². The summed E-state index contributed by atoms with van der Waals surface area (Å²) in [6.07, 6.45) is 2.91. The summed E-state index contributed by atoms with van der Waals surface area (Å²) in [7, 11) is 0. The number of hydrogen-bond donors (Lipinski definition) is 2. The van der Waals surface area contributed by atoms with Crippen LogP contribution < -0.4 is 10.6 Å². The predicted molar refractivity (Wildman–Crippen MR) is 123 cm³/mol. The van der Waals surface area contributed by atoms with Gasteiger partial charge in [0.15, 0.2) is 11.8 Å². The monoisotopic (exact) mass is 502 g/mol. The van der Waals surface area contributed by atoms with Gasteiger partial charge in [0.2, 0.25) is 0 Å². The lowest BCUT2D eigenvalue weighted by atomic mass is 9.92. The lowest BCUT2D eigenvalue weighted by Gasteiger charge is -2.26. The van der Waals surface area contributed by atoms with Gasteiger partial charge in [-0.1, -0.05) is 26.8 Å². The molecule has 1 unspecified atom stereocenters. The third-order valence-corrected chi connectivity index (χ3v) is 5.96. The molecule has 2 N–H and O–H groups in total. The molecule has 0 fully saturated rings. The zero-order valence-corrected chi connectivity index (χ0v) is 19.8. The maximum absolute atomic E-state index is 4.87. The molecule has 0 spiro atoms. The summed E-state index contributed by atoms with van der Waals surface area (Å²) in [5.41, 5.74) is 0.0399. The summed E-state index contributed by atoms with van der Waals surface area (Å²) in [4.78, 5) is 10.8. The van der Waals surface area contributed by atoms with Crippen molar-refractivity contribution in [2.75, 3.05) is 13.1 Å². The van der Waals surface area contributed by atoms with Crippen molar-refractivity contribution in [1.82, 2.24) is 25.4 Å². The van der Waals surface area contributed by atoms with Crippen molar-refractivity contribution < 1.29 is 0 Å². The molecule has 0 saturated carbocycles. The fourth-order valence-electron chi connectivity index (χ4n) is 3.16. The molecule has 1 atom stereocenters. The number of nitrogens with zero attached hydrogens (tertiary/aromatic N) is 4. The third kappa shape index (κ3) is 5.66. The molecule has 0 bridgehead atoms. The molecule has 8 heteroatoms. The summed E-state index contributed by atoms with van der Waals surface area (Å²) in [6.45, 7) is 11.2. The maximum atomic E-state index is 4.87. The molecule has 6 nitrogen and oxygen atoms in total. The van der Waals surface area contributed by atoms with Gasteiger partial charge in [0.05, 0.1) is 13.1 Å². The molecule has 0 aromatic carbocycles. The van der Waals surface area contributed by atoms with E-state index in [9.17, 15) is 0 Å². The Hall–Kier alpha value is -1.16. The molecule has 0 radical (unpaired) electrons. The van der Waals surface area contributed by atoms with Crippen molar-refractivity contribution in [1.29, 1.82) is 0 Å². The Kier molecular flexibility index (Phi) is 8.08. The van der Waals surface area contributed by atoms with Crippen molar-refractivity contribution in [3.8, 4) is 0 Å². The van der Waals surface area contributed by atoms with Crippen LogP contribution in [0.3, 0.4) is 0 Å². The summed E-state index contributed by atoms with van der Waals surface area (Å²) >= 11 is 1.80. The number of aryl methyl sites for hydroxylation is 2. The number of aromatic nitrogens is 3. The molecule has 3 heterocycles. The maximum Gasteiger partial charge on any atom is 0.191 e. The van der Waals surface area contributed by atoms with Crippen LogP contribution in [-0.2, 0) is 24.8 Å². The van der Waals surface area contributed by atoms with Crippen LogP contribution in [0.2, 0.25) is 0 Å².